The minimum atomic E-state index is 0.727. The first kappa shape index (κ1) is 11.2. The molecule has 2 aromatic rings. The fraction of sp³-hybridized carbons (Fsp3) is 0.231. The third kappa shape index (κ3) is 2.46. The lowest BCUT2D eigenvalue weighted by Crippen LogP contribution is -2.11. The lowest BCUT2D eigenvalue weighted by atomic mass is 10.1. The summed E-state index contributed by atoms with van der Waals surface area (Å²) in [5, 5.41) is 3.99. The van der Waals surface area contributed by atoms with E-state index < -0.39 is 0 Å². The van der Waals surface area contributed by atoms with Gasteiger partial charge >= 0.3 is 0 Å². The number of nitrogens with one attached hydrogen (secondary N) is 1. The van der Waals surface area contributed by atoms with Crippen molar-refractivity contribution >= 4 is 11.6 Å². The lowest BCUT2D eigenvalue weighted by Gasteiger charge is -2.05. The third-order valence-electron chi connectivity index (χ3n) is 2.40. The second kappa shape index (κ2) is 5.19. The molecule has 0 spiro atoms. The van der Waals surface area contributed by atoms with Crippen LogP contribution in [-0.2, 0) is 6.54 Å². The van der Waals surface area contributed by atoms with E-state index in [9.17, 15) is 0 Å². The predicted molar refractivity (Wildman–Crippen MR) is 66.5 cm³/mol. The summed E-state index contributed by atoms with van der Waals surface area (Å²) in [4.78, 5) is 0. The number of halogens is 1. The summed E-state index contributed by atoms with van der Waals surface area (Å²) in [5.41, 5.74) is 2.12. The van der Waals surface area contributed by atoms with Gasteiger partial charge in [-0.3, -0.25) is 0 Å². The second-order valence-corrected chi connectivity index (χ2v) is 3.98. The molecule has 1 aromatic heterocycles. The Morgan fingerprint density at radius 3 is 2.81 bits per heavy atom. The van der Waals surface area contributed by atoms with Crippen LogP contribution in [0.5, 0.6) is 0 Å². The molecule has 0 radical (unpaired) electrons. The highest BCUT2D eigenvalue weighted by molar-refractivity contribution is 6.33. The molecule has 0 amide bonds. The van der Waals surface area contributed by atoms with Crippen LogP contribution in [0.2, 0.25) is 5.02 Å². The first-order valence-corrected chi connectivity index (χ1v) is 5.72. The highest BCUT2D eigenvalue weighted by atomic mass is 35.5. The number of furan rings is 1. The van der Waals surface area contributed by atoms with Gasteiger partial charge in [0.05, 0.1) is 11.3 Å². The number of hydrogen-bond donors (Lipinski definition) is 1. The van der Waals surface area contributed by atoms with Crippen molar-refractivity contribution in [2.45, 2.75) is 13.5 Å². The minimum Gasteiger partial charge on any atom is -0.464 e. The fourth-order valence-corrected chi connectivity index (χ4v) is 1.87. The van der Waals surface area contributed by atoms with Crippen LogP contribution in [0.25, 0.3) is 11.3 Å². The predicted octanol–water partition coefficient (Wildman–Crippen LogP) is 3.71. The van der Waals surface area contributed by atoms with Crippen LogP contribution in [0.4, 0.5) is 0 Å². The largest absolute Gasteiger partial charge is 0.464 e. The van der Waals surface area contributed by atoms with Crippen LogP contribution in [0.15, 0.2) is 41.0 Å². The zero-order valence-corrected chi connectivity index (χ0v) is 9.92. The molecule has 84 valence electrons. The molecule has 0 fully saturated rings. The van der Waals surface area contributed by atoms with Crippen molar-refractivity contribution in [2.75, 3.05) is 6.54 Å². The smallest absolute Gasteiger partial charge is 0.135 e. The second-order valence-electron chi connectivity index (χ2n) is 3.57. The Bertz CT molecular complexity index is 451. The van der Waals surface area contributed by atoms with Crippen LogP contribution in [0.3, 0.4) is 0 Å². The van der Waals surface area contributed by atoms with E-state index in [0.29, 0.717) is 0 Å². The topological polar surface area (TPSA) is 25.2 Å². The lowest BCUT2D eigenvalue weighted by molar-refractivity contribution is 0.582. The quantitative estimate of drug-likeness (QED) is 0.874. The minimum absolute atomic E-state index is 0.727. The first-order chi connectivity index (χ1) is 7.81. The maximum atomic E-state index is 6.21. The Balaban J connectivity index is 2.23. The van der Waals surface area contributed by atoms with Crippen molar-refractivity contribution in [1.82, 2.24) is 5.32 Å². The molecule has 16 heavy (non-hydrogen) atoms. The van der Waals surface area contributed by atoms with Gasteiger partial charge in [-0.15, -0.1) is 0 Å². The van der Waals surface area contributed by atoms with E-state index in [4.69, 9.17) is 16.0 Å². The number of rotatable bonds is 4. The summed E-state index contributed by atoms with van der Waals surface area (Å²) < 4.78 is 5.32. The molecule has 2 nitrogen and oxygen atoms in total. The summed E-state index contributed by atoms with van der Waals surface area (Å²) in [6.07, 6.45) is 1.65. The van der Waals surface area contributed by atoms with Gasteiger partial charge in [-0.1, -0.05) is 24.6 Å². The molecular formula is C13H14ClNO. The molecule has 0 aliphatic heterocycles. The summed E-state index contributed by atoms with van der Waals surface area (Å²) in [6, 6.07) is 9.80. The Kier molecular flexibility index (Phi) is 3.65. The van der Waals surface area contributed by atoms with Crippen LogP contribution < -0.4 is 5.32 Å². The number of benzene rings is 1. The molecule has 0 saturated heterocycles. The van der Waals surface area contributed by atoms with Crippen molar-refractivity contribution in [3.05, 3.63) is 47.2 Å². The molecule has 0 bridgehead atoms. The highest BCUT2D eigenvalue weighted by Crippen LogP contribution is 2.28. The molecule has 0 aliphatic carbocycles. The maximum absolute atomic E-state index is 6.21. The molecule has 1 N–H and O–H groups in total. The molecule has 3 heteroatoms. The molecule has 0 saturated carbocycles. The molecular weight excluding hydrogens is 222 g/mol. The maximum Gasteiger partial charge on any atom is 0.135 e. The average molecular weight is 236 g/mol. The Morgan fingerprint density at radius 2 is 2.19 bits per heavy atom. The Morgan fingerprint density at radius 1 is 1.31 bits per heavy atom. The monoisotopic (exact) mass is 235 g/mol. The molecule has 1 aromatic carbocycles. The van der Waals surface area contributed by atoms with Gasteiger partial charge in [0.15, 0.2) is 0 Å². The standard InChI is InChI=1S/C13H14ClNO/c1-2-15-9-10-5-6-11(12(14)8-10)13-4-3-7-16-13/h3-8,15H,2,9H2,1H3. The van der Waals surface area contributed by atoms with Crippen molar-refractivity contribution in [2.24, 2.45) is 0 Å². The number of hydrogen-bond acceptors (Lipinski definition) is 2. The van der Waals surface area contributed by atoms with E-state index in [0.717, 1.165) is 29.4 Å². The van der Waals surface area contributed by atoms with Crippen LogP contribution >= 0.6 is 11.6 Å². The molecule has 2 rings (SSSR count). The fourth-order valence-electron chi connectivity index (χ4n) is 1.57. The summed E-state index contributed by atoms with van der Waals surface area (Å²) in [6.45, 7) is 3.88. The van der Waals surface area contributed by atoms with E-state index >= 15 is 0 Å². The van der Waals surface area contributed by atoms with Crippen molar-refractivity contribution in [3.63, 3.8) is 0 Å². The highest BCUT2D eigenvalue weighted by Gasteiger charge is 2.06. The van der Waals surface area contributed by atoms with E-state index in [1.165, 1.54) is 5.56 Å². The van der Waals surface area contributed by atoms with Gasteiger partial charge in [-0.25, -0.2) is 0 Å². The Hall–Kier alpha value is -1.25. The zero-order valence-electron chi connectivity index (χ0n) is 9.16. The summed E-state index contributed by atoms with van der Waals surface area (Å²) in [5.74, 6) is 0.806. The van der Waals surface area contributed by atoms with Crippen molar-refractivity contribution in [1.29, 1.82) is 0 Å². The SMILES string of the molecule is CCNCc1ccc(-c2ccco2)c(Cl)c1. The van der Waals surface area contributed by atoms with Gasteiger partial charge in [-0.05, 0) is 36.4 Å². The van der Waals surface area contributed by atoms with Gasteiger partial charge in [0.2, 0.25) is 0 Å². The molecule has 1 heterocycles. The van der Waals surface area contributed by atoms with Gasteiger partial charge in [0.1, 0.15) is 5.76 Å². The average Bonchev–Trinajstić information content (AvgIpc) is 2.80. The Labute approximate surface area is 100 Å². The van der Waals surface area contributed by atoms with Gasteiger partial charge in [0, 0.05) is 12.1 Å². The van der Waals surface area contributed by atoms with Crippen molar-refractivity contribution < 1.29 is 4.42 Å². The van der Waals surface area contributed by atoms with Crippen LogP contribution in [-0.4, -0.2) is 6.54 Å². The van der Waals surface area contributed by atoms with Gasteiger partial charge in [-0.2, -0.15) is 0 Å². The molecule has 0 aliphatic rings. The summed E-state index contributed by atoms with van der Waals surface area (Å²) >= 11 is 6.21. The zero-order chi connectivity index (χ0) is 11.4. The van der Waals surface area contributed by atoms with E-state index in [-0.39, 0.29) is 0 Å². The van der Waals surface area contributed by atoms with E-state index in [2.05, 4.69) is 18.3 Å². The molecule has 0 atom stereocenters. The van der Waals surface area contributed by atoms with E-state index in [1.54, 1.807) is 6.26 Å². The normalized spacial score (nSPS) is 10.6. The van der Waals surface area contributed by atoms with Gasteiger partial charge in [0.25, 0.3) is 0 Å². The van der Waals surface area contributed by atoms with E-state index in [1.807, 2.05) is 24.3 Å². The van der Waals surface area contributed by atoms with Crippen LogP contribution in [0.1, 0.15) is 12.5 Å². The first-order valence-electron chi connectivity index (χ1n) is 5.34. The van der Waals surface area contributed by atoms with Gasteiger partial charge < -0.3 is 9.73 Å². The van der Waals surface area contributed by atoms with Crippen LogP contribution in [0, 0.1) is 0 Å². The molecule has 0 unspecified atom stereocenters. The van der Waals surface area contributed by atoms with Crippen molar-refractivity contribution in [3.8, 4) is 11.3 Å². The summed E-state index contributed by atoms with van der Waals surface area (Å²) in [7, 11) is 0. The third-order valence-corrected chi connectivity index (χ3v) is 2.71.